The number of amides is 1. The number of aryl methyl sites for hydroxylation is 1. The largest absolute Gasteiger partial charge is 0.495 e. The van der Waals surface area contributed by atoms with E-state index in [2.05, 4.69) is 19.2 Å². The fraction of sp³-hybridized carbons (Fsp3) is 0.400. The van der Waals surface area contributed by atoms with Crippen LogP contribution in [0.15, 0.2) is 30.3 Å². The Labute approximate surface area is 204 Å². The zero-order valence-corrected chi connectivity index (χ0v) is 20.6. The Bertz CT molecular complexity index is 904. The van der Waals surface area contributed by atoms with E-state index in [0.29, 0.717) is 36.7 Å². The Morgan fingerprint density at radius 3 is 2.40 bits per heavy atom. The third kappa shape index (κ3) is 9.79. The molecule has 1 heterocycles. The predicted molar refractivity (Wildman–Crippen MR) is 131 cm³/mol. The van der Waals surface area contributed by atoms with Crippen molar-refractivity contribution in [1.29, 1.82) is 0 Å². The quantitative estimate of drug-likeness (QED) is 0.664. The molecule has 0 aromatic heterocycles. The van der Waals surface area contributed by atoms with Gasteiger partial charge in [0.15, 0.2) is 11.6 Å². The van der Waals surface area contributed by atoms with Crippen LogP contribution in [-0.4, -0.2) is 64.1 Å². The molecule has 35 heavy (non-hydrogen) atoms. The van der Waals surface area contributed by atoms with Crippen molar-refractivity contribution < 1.29 is 37.7 Å². The summed E-state index contributed by atoms with van der Waals surface area (Å²) in [6.07, 6.45) is 0.592. The van der Waals surface area contributed by atoms with Crippen molar-refractivity contribution in [1.82, 2.24) is 0 Å². The molecule has 1 atom stereocenters. The van der Waals surface area contributed by atoms with Crippen LogP contribution in [0, 0.1) is 18.6 Å². The lowest BCUT2D eigenvalue weighted by molar-refractivity contribution is -0.0987. The summed E-state index contributed by atoms with van der Waals surface area (Å²) in [5.74, 6) is -1.88. The molecule has 1 fully saturated rings. The van der Waals surface area contributed by atoms with Gasteiger partial charge in [-0.3, -0.25) is 4.79 Å². The number of carbonyl (C=O) groups is 3. The van der Waals surface area contributed by atoms with E-state index in [1.165, 1.54) is 26.5 Å². The standard InChI is InChI=1S/C20H22F2N2O4.C3H8.2CH2O/c1-12-7-14(9-16(21)19(12)22)23-20(26)13-3-4-18(27-2)17(8-13)24-5-6-28-11-15(25)10-24;1-3-2;2*1-2/h3-4,7-9,15,25H,5-6,10-11H2,1-2H3,(H,23,26);3H2,1-2H3;2*1H2. The van der Waals surface area contributed by atoms with Crippen molar-refractivity contribution in [2.75, 3.05) is 43.6 Å². The van der Waals surface area contributed by atoms with Gasteiger partial charge in [0, 0.05) is 30.4 Å². The third-order valence-electron chi connectivity index (χ3n) is 4.50. The number of β-amino-alcohol motifs (C(OH)–C–C–N with tert-alkyl or cyclic N) is 1. The van der Waals surface area contributed by atoms with E-state index in [4.69, 9.17) is 19.1 Å². The number of ether oxygens (including phenoxy) is 2. The molecule has 1 aliphatic heterocycles. The Morgan fingerprint density at radius 1 is 1.20 bits per heavy atom. The molecule has 2 aromatic rings. The molecule has 194 valence electrons. The van der Waals surface area contributed by atoms with Gasteiger partial charge in [-0.05, 0) is 36.8 Å². The van der Waals surface area contributed by atoms with Crippen LogP contribution < -0.4 is 15.0 Å². The van der Waals surface area contributed by atoms with Gasteiger partial charge in [0.25, 0.3) is 5.91 Å². The van der Waals surface area contributed by atoms with Crippen LogP contribution in [0.3, 0.4) is 0 Å². The van der Waals surface area contributed by atoms with Gasteiger partial charge in [-0.15, -0.1) is 0 Å². The first-order valence-electron chi connectivity index (χ1n) is 10.8. The zero-order valence-electron chi connectivity index (χ0n) is 20.6. The molecule has 8 nitrogen and oxygen atoms in total. The highest BCUT2D eigenvalue weighted by molar-refractivity contribution is 6.05. The first kappa shape index (κ1) is 31.6. The van der Waals surface area contributed by atoms with Crippen molar-refractivity contribution >= 4 is 30.9 Å². The summed E-state index contributed by atoms with van der Waals surface area (Å²) in [7, 11) is 1.52. The fourth-order valence-electron chi connectivity index (χ4n) is 3.09. The van der Waals surface area contributed by atoms with Crippen LogP contribution in [0.4, 0.5) is 20.2 Å². The minimum atomic E-state index is -1.02. The summed E-state index contributed by atoms with van der Waals surface area (Å²) in [5, 5.41) is 12.6. The normalized spacial score (nSPS) is 14.5. The van der Waals surface area contributed by atoms with Gasteiger partial charge in [0.05, 0.1) is 32.1 Å². The molecular weight excluding hydrogens is 462 g/mol. The number of nitrogens with one attached hydrogen (secondary N) is 1. The Morgan fingerprint density at radius 2 is 1.83 bits per heavy atom. The lowest BCUT2D eigenvalue weighted by Crippen LogP contribution is -2.33. The van der Waals surface area contributed by atoms with E-state index in [1.54, 1.807) is 18.2 Å². The lowest BCUT2D eigenvalue weighted by Gasteiger charge is -2.26. The predicted octanol–water partition coefficient (Wildman–Crippen LogP) is 3.78. The number of halogens is 2. The summed E-state index contributed by atoms with van der Waals surface area (Å²) >= 11 is 0. The molecule has 0 radical (unpaired) electrons. The SMILES string of the molecule is C=O.C=O.CCC.COc1ccc(C(=O)Nc2cc(C)c(F)c(F)c2)cc1N1CCOCC(O)C1. The van der Waals surface area contributed by atoms with E-state index in [1.807, 2.05) is 18.5 Å². The monoisotopic (exact) mass is 496 g/mol. The summed E-state index contributed by atoms with van der Waals surface area (Å²) in [5.41, 5.74) is 1.22. The number of hydrogen-bond acceptors (Lipinski definition) is 7. The van der Waals surface area contributed by atoms with Crippen molar-refractivity contribution in [3.05, 3.63) is 53.1 Å². The van der Waals surface area contributed by atoms with E-state index >= 15 is 0 Å². The maximum Gasteiger partial charge on any atom is 0.255 e. The first-order chi connectivity index (χ1) is 16.8. The minimum absolute atomic E-state index is 0.101. The second kappa shape index (κ2) is 17.1. The van der Waals surface area contributed by atoms with Crippen molar-refractivity contribution in [3.8, 4) is 5.75 Å². The zero-order chi connectivity index (χ0) is 27.0. The molecule has 1 saturated heterocycles. The number of carbonyl (C=O) groups excluding carboxylic acids is 3. The van der Waals surface area contributed by atoms with Gasteiger partial charge >= 0.3 is 0 Å². The Hall–Kier alpha value is -3.37. The molecule has 10 heteroatoms. The number of rotatable bonds is 4. The van der Waals surface area contributed by atoms with Crippen LogP contribution in [0.5, 0.6) is 5.75 Å². The van der Waals surface area contributed by atoms with E-state index in [0.717, 1.165) is 6.07 Å². The van der Waals surface area contributed by atoms with Crippen molar-refractivity contribution in [2.45, 2.75) is 33.3 Å². The van der Waals surface area contributed by atoms with Gasteiger partial charge in [-0.2, -0.15) is 0 Å². The second-order valence-corrected chi connectivity index (χ2v) is 7.31. The highest BCUT2D eigenvalue weighted by Crippen LogP contribution is 2.30. The van der Waals surface area contributed by atoms with Crippen LogP contribution in [0.2, 0.25) is 0 Å². The van der Waals surface area contributed by atoms with Gasteiger partial charge in [-0.25, -0.2) is 8.78 Å². The topological polar surface area (TPSA) is 105 Å². The number of nitrogens with zero attached hydrogens (tertiary/aromatic N) is 1. The Kier molecular flexibility index (Phi) is 15.5. The average molecular weight is 497 g/mol. The smallest absolute Gasteiger partial charge is 0.255 e. The molecule has 2 N–H and O–H groups in total. The van der Waals surface area contributed by atoms with Crippen LogP contribution in [0.25, 0.3) is 0 Å². The molecule has 1 unspecified atom stereocenters. The number of hydrogen-bond donors (Lipinski definition) is 2. The maximum absolute atomic E-state index is 13.6. The van der Waals surface area contributed by atoms with Gasteiger partial charge < -0.3 is 34.4 Å². The van der Waals surface area contributed by atoms with Gasteiger partial charge in [-0.1, -0.05) is 20.3 Å². The highest BCUT2D eigenvalue weighted by atomic mass is 19.2. The maximum atomic E-state index is 13.6. The molecule has 0 saturated carbocycles. The fourth-order valence-corrected chi connectivity index (χ4v) is 3.09. The number of benzene rings is 2. The number of anilines is 2. The Balaban J connectivity index is 0.00000150. The lowest BCUT2D eigenvalue weighted by atomic mass is 10.1. The molecule has 2 aromatic carbocycles. The van der Waals surface area contributed by atoms with Gasteiger partial charge in [0.2, 0.25) is 0 Å². The second-order valence-electron chi connectivity index (χ2n) is 7.31. The van der Waals surface area contributed by atoms with Gasteiger partial charge in [0.1, 0.15) is 19.3 Å². The molecular formula is C25H34F2N2O6. The van der Waals surface area contributed by atoms with Crippen LogP contribution >= 0.6 is 0 Å². The number of methoxy groups -OCH3 is 1. The molecule has 1 aliphatic rings. The summed E-state index contributed by atoms with van der Waals surface area (Å²) in [4.78, 5) is 30.5. The average Bonchev–Trinajstić information content (AvgIpc) is 3.09. The molecule has 0 spiro atoms. The number of aliphatic hydroxyl groups is 1. The summed E-state index contributed by atoms with van der Waals surface area (Å²) < 4.78 is 37.8. The summed E-state index contributed by atoms with van der Waals surface area (Å²) in [6.45, 7) is 11.2. The van der Waals surface area contributed by atoms with Crippen molar-refractivity contribution in [3.63, 3.8) is 0 Å². The molecule has 0 aliphatic carbocycles. The van der Waals surface area contributed by atoms with E-state index in [9.17, 15) is 18.7 Å². The van der Waals surface area contributed by atoms with E-state index < -0.39 is 23.6 Å². The highest BCUT2D eigenvalue weighted by Gasteiger charge is 2.21. The first-order valence-corrected chi connectivity index (χ1v) is 10.8. The van der Waals surface area contributed by atoms with Crippen LogP contribution in [-0.2, 0) is 14.3 Å². The molecule has 3 rings (SSSR count). The van der Waals surface area contributed by atoms with E-state index in [-0.39, 0.29) is 17.9 Å². The summed E-state index contributed by atoms with van der Waals surface area (Å²) in [6, 6.07) is 7.17. The molecule has 1 amide bonds. The third-order valence-corrected chi connectivity index (χ3v) is 4.50. The van der Waals surface area contributed by atoms with Crippen LogP contribution in [0.1, 0.15) is 36.2 Å². The number of aliphatic hydroxyl groups excluding tert-OH is 1. The molecule has 0 bridgehead atoms. The van der Waals surface area contributed by atoms with Crippen molar-refractivity contribution in [2.24, 2.45) is 0 Å². The minimum Gasteiger partial charge on any atom is -0.495 e.